The van der Waals surface area contributed by atoms with E-state index in [9.17, 15) is 4.79 Å². The minimum atomic E-state index is 0.199. The van der Waals surface area contributed by atoms with E-state index in [0.29, 0.717) is 24.9 Å². The summed E-state index contributed by atoms with van der Waals surface area (Å²) in [5.41, 5.74) is 6.95. The lowest BCUT2D eigenvalue weighted by Crippen LogP contribution is -3.16. The van der Waals surface area contributed by atoms with Crippen molar-refractivity contribution >= 4 is 11.7 Å². The summed E-state index contributed by atoms with van der Waals surface area (Å²) in [6, 6.07) is 3.94. The monoisotopic (exact) mass is 377 g/mol. The molecule has 3 N–H and O–H groups in total. The molecule has 7 heteroatoms. The highest BCUT2D eigenvalue weighted by atomic mass is 16.5. The fourth-order valence-corrected chi connectivity index (χ4v) is 4.14. The molecule has 0 spiro atoms. The molecule has 0 aliphatic carbocycles. The lowest BCUT2D eigenvalue weighted by Gasteiger charge is -2.34. The summed E-state index contributed by atoms with van der Waals surface area (Å²) in [4.78, 5) is 20.5. The molecule has 27 heavy (non-hydrogen) atoms. The summed E-state index contributed by atoms with van der Waals surface area (Å²) < 4.78 is 10.8. The number of piperidine rings is 2. The number of pyridine rings is 1. The first-order chi connectivity index (χ1) is 13.2. The van der Waals surface area contributed by atoms with Gasteiger partial charge in [-0.15, -0.1) is 0 Å². The van der Waals surface area contributed by atoms with Crippen LogP contribution in [0.3, 0.4) is 0 Å². The zero-order valence-electron chi connectivity index (χ0n) is 16.4. The molecule has 2 aliphatic heterocycles. The molecule has 0 radical (unpaired) electrons. The Balaban J connectivity index is 1.39. The Labute approximate surface area is 161 Å². The third-order valence-corrected chi connectivity index (χ3v) is 5.74. The van der Waals surface area contributed by atoms with Gasteiger partial charge in [-0.2, -0.15) is 0 Å². The summed E-state index contributed by atoms with van der Waals surface area (Å²) in [7, 11) is 1.69. The average Bonchev–Trinajstić information content (AvgIpc) is 2.69. The minimum Gasteiger partial charge on any atom is -0.384 e. The summed E-state index contributed by atoms with van der Waals surface area (Å²) in [5.74, 6) is 1.18. The van der Waals surface area contributed by atoms with Crippen molar-refractivity contribution in [2.75, 3.05) is 52.2 Å². The van der Waals surface area contributed by atoms with Gasteiger partial charge in [0.2, 0.25) is 0 Å². The van der Waals surface area contributed by atoms with E-state index < -0.39 is 0 Å². The summed E-state index contributed by atoms with van der Waals surface area (Å²) >= 11 is 0. The number of likely N-dealkylation sites (tertiary alicyclic amines) is 2. The zero-order valence-corrected chi connectivity index (χ0v) is 16.4. The predicted molar refractivity (Wildman–Crippen MR) is 103 cm³/mol. The molecule has 1 amide bonds. The van der Waals surface area contributed by atoms with Crippen LogP contribution in [-0.4, -0.2) is 68.4 Å². The topological polar surface area (TPSA) is 82.1 Å². The first-order valence-electron chi connectivity index (χ1n) is 10.1. The van der Waals surface area contributed by atoms with Gasteiger partial charge in [0, 0.05) is 32.7 Å². The highest BCUT2D eigenvalue weighted by molar-refractivity contribution is 5.70. The van der Waals surface area contributed by atoms with Crippen molar-refractivity contribution in [1.82, 2.24) is 9.88 Å². The van der Waals surface area contributed by atoms with E-state index in [0.717, 1.165) is 63.3 Å². The van der Waals surface area contributed by atoms with Crippen LogP contribution in [0.4, 0.5) is 5.82 Å². The van der Waals surface area contributed by atoms with Crippen LogP contribution in [0.5, 0.6) is 0 Å². The first-order valence-corrected chi connectivity index (χ1v) is 10.1. The van der Waals surface area contributed by atoms with Crippen molar-refractivity contribution < 1.29 is 19.2 Å². The number of carbonyl (C=O) groups excluding carboxylic acids is 1. The molecule has 0 aromatic carbocycles. The standard InChI is InChI=1S/C20H32N4O3/c1-26-12-13-27-18-5-10-24(11-6-18)20(25)17-3-8-23(9-4-17)15-16-2-7-22-19(21)14-16/h2,7,14,17-18H,3-6,8-13,15H2,1H3,(H2,21,22)/p+1. The molecular formula is C20H33N4O3+. The number of nitrogens with one attached hydrogen (secondary N) is 1. The Morgan fingerprint density at radius 2 is 2.00 bits per heavy atom. The Hall–Kier alpha value is -1.54. The van der Waals surface area contributed by atoms with Gasteiger partial charge in [-0.1, -0.05) is 0 Å². The molecule has 3 heterocycles. The second-order valence-corrected chi connectivity index (χ2v) is 7.67. The number of ether oxygens (including phenoxy) is 2. The van der Waals surface area contributed by atoms with E-state index >= 15 is 0 Å². The lowest BCUT2D eigenvalue weighted by molar-refractivity contribution is -0.829. The van der Waals surface area contributed by atoms with Crippen LogP contribution in [0.15, 0.2) is 18.3 Å². The number of nitrogen functional groups attached to an aromatic ring is 1. The zero-order chi connectivity index (χ0) is 19.1. The number of hydrogen-bond acceptors (Lipinski definition) is 6. The van der Waals surface area contributed by atoms with Gasteiger partial charge in [-0.3, -0.25) is 9.80 Å². The number of rotatable bonds is 7. The van der Waals surface area contributed by atoms with Crippen LogP contribution in [0, 0.1) is 5.92 Å². The lowest BCUT2D eigenvalue weighted by atomic mass is 9.94. The highest BCUT2D eigenvalue weighted by Crippen LogP contribution is 2.19. The fraction of sp³-hybridized carbons (Fsp3) is 0.700. The second kappa shape index (κ2) is 10.1. The maximum Gasteiger partial charge on any atom is 0.315 e. The summed E-state index contributed by atoms with van der Waals surface area (Å²) in [5, 5.41) is 0. The van der Waals surface area contributed by atoms with Crippen LogP contribution >= 0.6 is 0 Å². The number of carbonyl (C=O) groups is 1. The van der Waals surface area contributed by atoms with Crippen LogP contribution in [-0.2, 0) is 20.8 Å². The number of methoxy groups -OCH3 is 1. The fourth-order valence-electron chi connectivity index (χ4n) is 4.14. The SMILES string of the molecule is COCCOC1CC[NH+](C(=O)C2CCN(Cc3ccnc(N)c3)CC2)CC1. The number of nitrogens with zero attached hydrogens (tertiary/aromatic N) is 2. The van der Waals surface area contributed by atoms with Gasteiger partial charge in [0.05, 0.1) is 38.3 Å². The molecule has 0 atom stereocenters. The number of aromatic nitrogens is 1. The predicted octanol–water partition coefficient (Wildman–Crippen LogP) is 0.113. The highest BCUT2D eigenvalue weighted by Gasteiger charge is 2.35. The molecular weight excluding hydrogens is 344 g/mol. The average molecular weight is 378 g/mol. The summed E-state index contributed by atoms with van der Waals surface area (Å²) in [6.07, 6.45) is 5.88. The molecule has 7 nitrogen and oxygen atoms in total. The number of nitrogens with two attached hydrogens (primary N) is 1. The maximum atomic E-state index is 12.9. The van der Waals surface area contributed by atoms with Crippen LogP contribution in [0.25, 0.3) is 0 Å². The van der Waals surface area contributed by atoms with Crippen molar-refractivity contribution in [2.24, 2.45) is 5.92 Å². The number of hydrogen-bond donors (Lipinski definition) is 2. The van der Waals surface area contributed by atoms with Gasteiger partial charge in [0.15, 0.2) is 0 Å². The Morgan fingerprint density at radius 1 is 1.26 bits per heavy atom. The van der Waals surface area contributed by atoms with Gasteiger partial charge < -0.3 is 15.2 Å². The van der Waals surface area contributed by atoms with Crippen LogP contribution < -0.4 is 10.6 Å². The van der Waals surface area contributed by atoms with Gasteiger partial charge in [-0.05, 0) is 43.6 Å². The Bertz CT molecular complexity index is 597. The Kier molecular flexibility index (Phi) is 7.58. The molecule has 2 saturated heterocycles. The maximum absolute atomic E-state index is 12.9. The molecule has 0 unspecified atom stereocenters. The molecule has 2 fully saturated rings. The van der Waals surface area contributed by atoms with E-state index in [1.54, 1.807) is 13.3 Å². The van der Waals surface area contributed by atoms with Gasteiger partial charge >= 0.3 is 5.91 Å². The molecule has 2 aliphatic rings. The first kappa shape index (κ1) is 20.2. The summed E-state index contributed by atoms with van der Waals surface area (Å²) in [6.45, 7) is 5.89. The molecule has 0 bridgehead atoms. The normalized spacial score (nSPS) is 24.8. The number of amides is 1. The van der Waals surface area contributed by atoms with Crippen LogP contribution in [0.1, 0.15) is 31.2 Å². The van der Waals surface area contributed by atoms with Crippen LogP contribution in [0.2, 0.25) is 0 Å². The van der Waals surface area contributed by atoms with Crippen molar-refractivity contribution in [3.63, 3.8) is 0 Å². The molecule has 150 valence electrons. The van der Waals surface area contributed by atoms with Gasteiger partial charge in [-0.25, -0.2) is 9.78 Å². The third kappa shape index (κ3) is 5.97. The van der Waals surface area contributed by atoms with E-state index in [1.807, 2.05) is 12.1 Å². The van der Waals surface area contributed by atoms with E-state index in [-0.39, 0.29) is 12.0 Å². The van der Waals surface area contributed by atoms with Crippen molar-refractivity contribution in [2.45, 2.75) is 38.3 Å². The van der Waals surface area contributed by atoms with E-state index in [1.165, 1.54) is 5.56 Å². The molecule has 1 aromatic heterocycles. The third-order valence-electron chi connectivity index (χ3n) is 5.74. The van der Waals surface area contributed by atoms with E-state index in [4.69, 9.17) is 15.2 Å². The van der Waals surface area contributed by atoms with Crippen molar-refractivity contribution in [1.29, 1.82) is 0 Å². The minimum absolute atomic E-state index is 0.199. The van der Waals surface area contributed by atoms with Crippen molar-refractivity contribution in [3.8, 4) is 0 Å². The number of quaternary nitrogens is 1. The quantitative estimate of drug-likeness (QED) is 0.657. The smallest absolute Gasteiger partial charge is 0.315 e. The number of anilines is 1. The Morgan fingerprint density at radius 3 is 2.67 bits per heavy atom. The van der Waals surface area contributed by atoms with Gasteiger partial charge in [0.1, 0.15) is 5.82 Å². The largest absolute Gasteiger partial charge is 0.384 e. The van der Waals surface area contributed by atoms with Crippen molar-refractivity contribution in [3.05, 3.63) is 23.9 Å². The molecule has 3 rings (SSSR count). The van der Waals surface area contributed by atoms with E-state index in [2.05, 4.69) is 9.88 Å². The molecule has 0 saturated carbocycles. The molecule has 1 aromatic rings. The second-order valence-electron chi connectivity index (χ2n) is 7.67. The van der Waals surface area contributed by atoms with Gasteiger partial charge in [0.25, 0.3) is 0 Å².